The highest BCUT2D eigenvalue weighted by atomic mass is 79.9. The number of aromatic nitrogens is 2. The molecule has 4 aromatic carbocycles. The average Bonchev–Trinajstić information content (AvgIpc) is 3.00. The number of benzene rings is 4. The molecule has 0 unspecified atom stereocenters. The Kier molecular flexibility index (Phi) is 9.18. The van der Waals surface area contributed by atoms with Crippen LogP contribution in [0, 0.1) is 6.92 Å². The van der Waals surface area contributed by atoms with Crippen LogP contribution < -0.4 is 19.8 Å². The fraction of sp³-hybridized carbons (Fsp3) is 0.206. The predicted octanol–water partition coefficient (Wildman–Crippen LogP) is 8.39. The highest BCUT2D eigenvalue weighted by molar-refractivity contribution is 9.10. The first-order valence-corrected chi connectivity index (χ1v) is 14.9. The van der Waals surface area contributed by atoms with Gasteiger partial charge in [-0.1, -0.05) is 49.7 Å². The molecule has 7 nitrogen and oxygen atoms in total. The van der Waals surface area contributed by atoms with Gasteiger partial charge in [-0.2, -0.15) is 9.78 Å². The molecule has 0 radical (unpaired) electrons. The molecule has 1 heterocycles. The second-order valence-corrected chi connectivity index (χ2v) is 11.6. The van der Waals surface area contributed by atoms with Crippen molar-refractivity contribution in [2.24, 2.45) is 5.10 Å². The van der Waals surface area contributed by atoms with Crippen LogP contribution >= 0.6 is 27.5 Å². The van der Waals surface area contributed by atoms with Crippen molar-refractivity contribution in [1.82, 2.24) is 9.66 Å². The molecule has 0 amide bonds. The molecule has 5 aromatic rings. The van der Waals surface area contributed by atoms with Crippen LogP contribution in [0.2, 0.25) is 5.02 Å². The fourth-order valence-electron chi connectivity index (χ4n) is 4.79. The minimum atomic E-state index is -0.271. The molecule has 0 aliphatic heterocycles. The number of hydrogen-bond donors (Lipinski definition) is 0. The summed E-state index contributed by atoms with van der Waals surface area (Å²) in [5.41, 5.74) is 4.73. The number of fused-ring (bicyclic) bond motifs is 1. The number of ether oxygens (including phenoxy) is 3. The number of para-hydroxylation sites is 1. The molecule has 0 atom stereocenters. The molecular weight excluding hydrogens is 630 g/mol. The van der Waals surface area contributed by atoms with Gasteiger partial charge >= 0.3 is 0 Å². The van der Waals surface area contributed by atoms with Crippen LogP contribution in [0.3, 0.4) is 0 Å². The number of nitrogens with zero attached hydrogens (tertiary/aromatic N) is 3. The zero-order chi connectivity index (χ0) is 30.7. The van der Waals surface area contributed by atoms with E-state index in [4.69, 9.17) is 30.8 Å². The van der Waals surface area contributed by atoms with Gasteiger partial charge in [0.1, 0.15) is 12.4 Å². The van der Waals surface area contributed by atoms with Gasteiger partial charge in [0.2, 0.25) is 0 Å². The summed E-state index contributed by atoms with van der Waals surface area (Å²) in [5, 5.41) is 5.80. The van der Waals surface area contributed by atoms with E-state index in [9.17, 15) is 4.79 Å². The molecule has 43 heavy (non-hydrogen) atoms. The topological polar surface area (TPSA) is 74.9 Å². The lowest BCUT2D eigenvalue weighted by Gasteiger charge is -2.17. The van der Waals surface area contributed by atoms with Gasteiger partial charge in [0.05, 0.1) is 35.8 Å². The van der Waals surface area contributed by atoms with Gasteiger partial charge in [-0.25, -0.2) is 4.98 Å². The Bertz CT molecular complexity index is 1880. The van der Waals surface area contributed by atoms with E-state index in [1.54, 1.807) is 32.6 Å². The number of aryl methyl sites for hydroxylation is 1. The van der Waals surface area contributed by atoms with Crippen LogP contribution in [0.25, 0.3) is 22.3 Å². The fourth-order valence-corrected chi connectivity index (χ4v) is 5.49. The Hall–Kier alpha value is -4.14. The zero-order valence-electron chi connectivity index (χ0n) is 24.5. The Morgan fingerprint density at radius 1 is 1.00 bits per heavy atom. The first kappa shape index (κ1) is 30.3. The molecule has 0 fully saturated rings. The third kappa shape index (κ3) is 6.45. The van der Waals surface area contributed by atoms with Gasteiger partial charge in [-0.05, 0) is 99.6 Å². The molecule has 0 aliphatic carbocycles. The summed E-state index contributed by atoms with van der Waals surface area (Å²) < 4.78 is 19.4. The maximum atomic E-state index is 13.8. The van der Waals surface area contributed by atoms with Crippen molar-refractivity contribution in [1.29, 1.82) is 0 Å². The molecular formula is C34H31BrClN3O4. The number of hydrogen-bond acceptors (Lipinski definition) is 6. The third-order valence-electron chi connectivity index (χ3n) is 7.06. The summed E-state index contributed by atoms with van der Waals surface area (Å²) in [7, 11) is 3.24. The van der Waals surface area contributed by atoms with E-state index in [0.717, 1.165) is 28.0 Å². The maximum absolute atomic E-state index is 13.8. The lowest BCUT2D eigenvalue weighted by molar-refractivity contribution is 0.282. The molecule has 220 valence electrons. The zero-order valence-corrected chi connectivity index (χ0v) is 26.9. The van der Waals surface area contributed by atoms with E-state index in [1.807, 2.05) is 67.6 Å². The van der Waals surface area contributed by atoms with Gasteiger partial charge < -0.3 is 14.2 Å². The molecule has 0 N–H and O–H groups in total. The van der Waals surface area contributed by atoms with Crippen molar-refractivity contribution >= 4 is 44.6 Å². The highest BCUT2D eigenvalue weighted by Gasteiger charge is 2.19. The Morgan fingerprint density at radius 2 is 1.72 bits per heavy atom. The molecule has 0 saturated heterocycles. The number of halogens is 2. The van der Waals surface area contributed by atoms with E-state index in [2.05, 4.69) is 34.9 Å². The monoisotopic (exact) mass is 659 g/mol. The highest BCUT2D eigenvalue weighted by Crippen LogP contribution is 2.37. The van der Waals surface area contributed by atoms with Crippen LogP contribution in [0.15, 0.2) is 87.2 Å². The second-order valence-electron chi connectivity index (χ2n) is 10.3. The predicted molar refractivity (Wildman–Crippen MR) is 176 cm³/mol. The van der Waals surface area contributed by atoms with E-state index in [-0.39, 0.29) is 11.5 Å². The second kappa shape index (κ2) is 13.0. The van der Waals surface area contributed by atoms with Gasteiger partial charge in [0.15, 0.2) is 17.3 Å². The number of methoxy groups -OCH3 is 2. The summed E-state index contributed by atoms with van der Waals surface area (Å²) in [6.45, 7) is 6.51. The van der Waals surface area contributed by atoms with Gasteiger partial charge in [0.25, 0.3) is 5.56 Å². The maximum Gasteiger partial charge on any atom is 0.282 e. The van der Waals surface area contributed by atoms with Gasteiger partial charge in [-0.15, -0.1) is 0 Å². The molecule has 0 bridgehead atoms. The Morgan fingerprint density at radius 3 is 2.42 bits per heavy atom. The summed E-state index contributed by atoms with van der Waals surface area (Å²) in [5.74, 6) is 2.50. The Labute approximate surface area is 263 Å². The van der Waals surface area contributed by atoms with Crippen molar-refractivity contribution in [2.75, 3.05) is 14.2 Å². The average molecular weight is 661 g/mol. The summed E-state index contributed by atoms with van der Waals surface area (Å²) in [4.78, 5) is 18.7. The lowest BCUT2D eigenvalue weighted by Crippen LogP contribution is -2.20. The quantitative estimate of drug-likeness (QED) is 0.149. The molecule has 0 spiro atoms. The minimum absolute atomic E-state index is 0.198. The Balaban J connectivity index is 1.58. The first-order valence-electron chi connectivity index (χ1n) is 13.7. The van der Waals surface area contributed by atoms with Crippen LogP contribution in [0.5, 0.6) is 17.2 Å². The van der Waals surface area contributed by atoms with Crippen LogP contribution in [-0.4, -0.2) is 30.1 Å². The van der Waals surface area contributed by atoms with Crippen molar-refractivity contribution in [3.63, 3.8) is 0 Å². The minimum Gasteiger partial charge on any atom is -0.496 e. The SMILES string of the molecule is COc1cc(C)c(-c2nc3ccccc3c(=O)n2N=Cc2cc(Br)c(OCc3ccc(Cl)cc3)c(OC)c2)cc1C(C)C. The van der Waals surface area contributed by atoms with Gasteiger partial charge in [-0.3, -0.25) is 4.79 Å². The summed E-state index contributed by atoms with van der Waals surface area (Å²) >= 11 is 9.62. The molecule has 1 aromatic heterocycles. The van der Waals surface area contributed by atoms with Crippen LogP contribution in [-0.2, 0) is 6.61 Å². The molecule has 9 heteroatoms. The van der Waals surface area contributed by atoms with Gasteiger partial charge in [0, 0.05) is 10.6 Å². The lowest BCUT2D eigenvalue weighted by atomic mass is 9.96. The largest absolute Gasteiger partial charge is 0.496 e. The van der Waals surface area contributed by atoms with Crippen LogP contribution in [0.1, 0.15) is 42.0 Å². The smallest absolute Gasteiger partial charge is 0.282 e. The normalized spacial score (nSPS) is 11.4. The standard InChI is InChI=1S/C34H31BrClN3O4/c1-20(2)26-17-27(21(3)14-30(26)41-4)33-38-29-9-7-6-8-25(29)34(40)39(33)37-18-23-15-28(35)32(31(16-23)42-5)43-19-22-10-12-24(36)13-11-22/h6-18,20H,19H2,1-5H3. The van der Waals surface area contributed by atoms with E-state index < -0.39 is 0 Å². The van der Waals surface area contributed by atoms with Crippen LogP contribution in [0.4, 0.5) is 0 Å². The van der Waals surface area contributed by atoms with Crippen molar-refractivity contribution < 1.29 is 14.2 Å². The molecule has 5 rings (SSSR count). The third-order valence-corrected chi connectivity index (χ3v) is 7.90. The van der Waals surface area contributed by atoms with E-state index in [1.165, 1.54) is 4.68 Å². The van der Waals surface area contributed by atoms with Crippen molar-refractivity contribution in [2.45, 2.75) is 33.3 Å². The molecule has 0 saturated carbocycles. The molecule has 0 aliphatic rings. The summed E-state index contributed by atoms with van der Waals surface area (Å²) in [6, 6.07) is 22.4. The summed E-state index contributed by atoms with van der Waals surface area (Å²) in [6.07, 6.45) is 1.61. The van der Waals surface area contributed by atoms with E-state index >= 15 is 0 Å². The number of rotatable bonds is 9. The first-order chi connectivity index (χ1) is 20.7. The van der Waals surface area contributed by atoms with E-state index in [0.29, 0.717) is 49.9 Å². The van der Waals surface area contributed by atoms with Crippen molar-refractivity contribution in [3.8, 4) is 28.6 Å². The van der Waals surface area contributed by atoms with Crippen molar-refractivity contribution in [3.05, 3.63) is 115 Å².